The summed E-state index contributed by atoms with van der Waals surface area (Å²) in [6, 6.07) is 11.1. The van der Waals surface area contributed by atoms with E-state index in [2.05, 4.69) is 5.32 Å². The second-order valence-electron chi connectivity index (χ2n) is 4.55. The van der Waals surface area contributed by atoms with Gasteiger partial charge in [0.15, 0.2) is 0 Å². The Bertz CT molecular complexity index is 580. The number of rotatable bonds is 6. The molecule has 1 atom stereocenters. The van der Waals surface area contributed by atoms with Crippen LogP contribution in [0.3, 0.4) is 0 Å². The first-order valence-electron chi connectivity index (χ1n) is 6.34. The number of thiophene rings is 1. The number of nitrogens with one attached hydrogen (secondary N) is 1. The number of aliphatic hydroxyl groups excluding tert-OH is 1. The van der Waals surface area contributed by atoms with Gasteiger partial charge in [-0.1, -0.05) is 30.3 Å². The molecule has 0 fully saturated rings. The van der Waals surface area contributed by atoms with E-state index < -0.39 is 12.1 Å². The summed E-state index contributed by atoms with van der Waals surface area (Å²) in [4.78, 5) is 12.2. The molecule has 0 saturated heterocycles. The van der Waals surface area contributed by atoms with Crippen molar-refractivity contribution in [1.82, 2.24) is 5.32 Å². The molecule has 0 aliphatic carbocycles. The molecule has 0 bridgehead atoms. The van der Waals surface area contributed by atoms with Gasteiger partial charge in [-0.2, -0.15) is 0 Å². The smallest absolute Gasteiger partial charge is 0.345 e. The SMILES string of the molecule is Cc1sc(C(=O)O)cc1CNCC(O)c1ccccc1. The summed E-state index contributed by atoms with van der Waals surface area (Å²) in [6.45, 7) is 2.89. The summed E-state index contributed by atoms with van der Waals surface area (Å²) < 4.78 is 0. The van der Waals surface area contributed by atoms with Crippen molar-refractivity contribution in [2.75, 3.05) is 6.54 Å². The second kappa shape index (κ2) is 6.65. The fraction of sp³-hybridized carbons (Fsp3) is 0.267. The molecule has 106 valence electrons. The fourth-order valence-electron chi connectivity index (χ4n) is 1.94. The number of carboxylic acids is 1. The summed E-state index contributed by atoms with van der Waals surface area (Å²) in [5.41, 5.74) is 1.83. The average molecular weight is 291 g/mol. The van der Waals surface area contributed by atoms with Crippen molar-refractivity contribution in [3.63, 3.8) is 0 Å². The number of carbonyl (C=O) groups is 1. The Morgan fingerprint density at radius 2 is 2.05 bits per heavy atom. The highest BCUT2D eigenvalue weighted by atomic mass is 32.1. The number of aromatic carboxylic acids is 1. The Morgan fingerprint density at radius 1 is 1.35 bits per heavy atom. The van der Waals surface area contributed by atoms with Gasteiger partial charge in [-0.05, 0) is 24.1 Å². The van der Waals surface area contributed by atoms with Crippen LogP contribution in [-0.4, -0.2) is 22.7 Å². The predicted molar refractivity (Wildman–Crippen MR) is 79.1 cm³/mol. The Kier molecular flexibility index (Phi) is 4.89. The van der Waals surface area contributed by atoms with E-state index in [9.17, 15) is 9.90 Å². The van der Waals surface area contributed by atoms with Gasteiger partial charge in [0.1, 0.15) is 4.88 Å². The Hall–Kier alpha value is -1.69. The van der Waals surface area contributed by atoms with E-state index in [0.717, 1.165) is 16.0 Å². The van der Waals surface area contributed by atoms with Crippen molar-refractivity contribution in [3.05, 3.63) is 57.3 Å². The van der Waals surface area contributed by atoms with Crippen molar-refractivity contribution in [2.24, 2.45) is 0 Å². The van der Waals surface area contributed by atoms with Crippen LogP contribution < -0.4 is 5.32 Å². The maximum atomic E-state index is 10.9. The molecule has 0 saturated carbocycles. The minimum absolute atomic E-state index is 0.350. The minimum Gasteiger partial charge on any atom is -0.477 e. The summed E-state index contributed by atoms with van der Waals surface area (Å²) in [5, 5.41) is 22.1. The lowest BCUT2D eigenvalue weighted by Gasteiger charge is -2.12. The lowest BCUT2D eigenvalue weighted by molar-refractivity contribution is 0.0702. The van der Waals surface area contributed by atoms with Crippen LogP contribution in [0, 0.1) is 6.92 Å². The van der Waals surface area contributed by atoms with Gasteiger partial charge in [-0.3, -0.25) is 0 Å². The van der Waals surface area contributed by atoms with Gasteiger partial charge in [0.2, 0.25) is 0 Å². The van der Waals surface area contributed by atoms with E-state index in [1.165, 1.54) is 11.3 Å². The number of aliphatic hydroxyl groups is 1. The molecule has 1 aromatic carbocycles. The van der Waals surface area contributed by atoms with E-state index in [4.69, 9.17) is 5.11 Å². The topological polar surface area (TPSA) is 69.6 Å². The molecule has 2 rings (SSSR count). The van der Waals surface area contributed by atoms with Crippen LogP contribution in [0.15, 0.2) is 36.4 Å². The first-order valence-corrected chi connectivity index (χ1v) is 7.16. The summed E-state index contributed by atoms with van der Waals surface area (Å²) in [5.74, 6) is -0.895. The fourth-order valence-corrected chi connectivity index (χ4v) is 2.82. The largest absolute Gasteiger partial charge is 0.477 e. The lowest BCUT2D eigenvalue weighted by Crippen LogP contribution is -2.21. The quantitative estimate of drug-likeness (QED) is 0.765. The molecular formula is C15H17NO3S. The van der Waals surface area contributed by atoms with Gasteiger partial charge >= 0.3 is 5.97 Å². The summed E-state index contributed by atoms with van der Waals surface area (Å²) >= 11 is 1.28. The van der Waals surface area contributed by atoms with E-state index in [1.54, 1.807) is 6.07 Å². The summed E-state index contributed by atoms with van der Waals surface area (Å²) in [7, 11) is 0. The predicted octanol–water partition coefficient (Wildman–Crippen LogP) is 2.58. The summed E-state index contributed by atoms with van der Waals surface area (Å²) in [6.07, 6.45) is -0.561. The first kappa shape index (κ1) is 14.7. The molecule has 3 N–H and O–H groups in total. The zero-order valence-corrected chi connectivity index (χ0v) is 12.0. The average Bonchev–Trinajstić information content (AvgIpc) is 2.81. The first-order chi connectivity index (χ1) is 9.58. The number of aryl methyl sites for hydroxylation is 1. The third-order valence-corrected chi connectivity index (χ3v) is 4.15. The molecular weight excluding hydrogens is 274 g/mol. The zero-order chi connectivity index (χ0) is 14.5. The lowest BCUT2D eigenvalue weighted by atomic mass is 10.1. The van der Waals surface area contributed by atoms with Crippen LogP contribution >= 0.6 is 11.3 Å². The van der Waals surface area contributed by atoms with Gasteiger partial charge in [0, 0.05) is 18.0 Å². The Balaban J connectivity index is 1.88. The van der Waals surface area contributed by atoms with Crippen molar-refractivity contribution in [1.29, 1.82) is 0 Å². The van der Waals surface area contributed by atoms with Crippen molar-refractivity contribution < 1.29 is 15.0 Å². The zero-order valence-electron chi connectivity index (χ0n) is 11.2. The molecule has 0 radical (unpaired) electrons. The molecule has 1 aromatic heterocycles. The standard InChI is InChI=1S/C15H17NO3S/c1-10-12(7-14(20-10)15(18)19)8-16-9-13(17)11-5-3-2-4-6-11/h2-7,13,16-17H,8-9H2,1H3,(H,18,19). The molecule has 1 unspecified atom stereocenters. The van der Waals surface area contributed by atoms with Crippen LogP contribution in [0.5, 0.6) is 0 Å². The van der Waals surface area contributed by atoms with Crippen LogP contribution in [0.1, 0.15) is 31.8 Å². The Labute approximate surface area is 121 Å². The van der Waals surface area contributed by atoms with Gasteiger partial charge in [0.25, 0.3) is 0 Å². The Morgan fingerprint density at radius 3 is 2.65 bits per heavy atom. The number of carboxylic acid groups (broad SMARTS) is 1. The number of hydrogen-bond donors (Lipinski definition) is 3. The van der Waals surface area contributed by atoms with Gasteiger partial charge < -0.3 is 15.5 Å². The van der Waals surface area contributed by atoms with Gasteiger partial charge in [-0.25, -0.2) is 4.79 Å². The number of hydrogen-bond acceptors (Lipinski definition) is 4. The maximum absolute atomic E-state index is 10.9. The third-order valence-electron chi connectivity index (χ3n) is 3.07. The highest BCUT2D eigenvalue weighted by Gasteiger charge is 2.11. The van der Waals surface area contributed by atoms with Crippen LogP contribution in [0.25, 0.3) is 0 Å². The molecule has 0 aliphatic rings. The highest BCUT2D eigenvalue weighted by Crippen LogP contribution is 2.21. The normalized spacial score (nSPS) is 12.3. The highest BCUT2D eigenvalue weighted by molar-refractivity contribution is 7.14. The number of benzene rings is 1. The van der Waals surface area contributed by atoms with Gasteiger partial charge in [-0.15, -0.1) is 11.3 Å². The van der Waals surface area contributed by atoms with E-state index in [0.29, 0.717) is 18.0 Å². The second-order valence-corrected chi connectivity index (χ2v) is 5.81. The van der Waals surface area contributed by atoms with Gasteiger partial charge in [0.05, 0.1) is 6.10 Å². The van der Waals surface area contributed by atoms with Crippen LogP contribution in [0.4, 0.5) is 0 Å². The van der Waals surface area contributed by atoms with Crippen molar-refractivity contribution >= 4 is 17.3 Å². The monoisotopic (exact) mass is 291 g/mol. The van der Waals surface area contributed by atoms with E-state index in [1.807, 2.05) is 37.3 Å². The molecule has 0 aliphatic heterocycles. The molecule has 5 heteroatoms. The van der Waals surface area contributed by atoms with Crippen molar-refractivity contribution in [2.45, 2.75) is 19.6 Å². The van der Waals surface area contributed by atoms with E-state index >= 15 is 0 Å². The minimum atomic E-state index is -0.895. The maximum Gasteiger partial charge on any atom is 0.345 e. The van der Waals surface area contributed by atoms with Crippen LogP contribution in [-0.2, 0) is 6.54 Å². The molecule has 4 nitrogen and oxygen atoms in total. The molecule has 0 amide bonds. The van der Waals surface area contributed by atoms with Crippen molar-refractivity contribution in [3.8, 4) is 0 Å². The van der Waals surface area contributed by atoms with Crippen LogP contribution in [0.2, 0.25) is 0 Å². The van der Waals surface area contributed by atoms with E-state index in [-0.39, 0.29) is 0 Å². The molecule has 0 spiro atoms. The third kappa shape index (κ3) is 3.66. The molecule has 2 aromatic rings. The molecule has 20 heavy (non-hydrogen) atoms. The molecule has 1 heterocycles.